The molecule has 0 bridgehead atoms. The van der Waals surface area contributed by atoms with Crippen LogP contribution in [0.15, 0.2) is 48.5 Å². The molecule has 0 unspecified atom stereocenters. The van der Waals surface area contributed by atoms with Crippen LogP contribution in [-0.4, -0.2) is 18.3 Å². The van der Waals surface area contributed by atoms with E-state index in [4.69, 9.17) is 0 Å². The van der Waals surface area contributed by atoms with E-state index in [-0.39, 0.29) is 5.56 Å². The number of hydrogen-bond acceptors (Lipinski definition) is 3. The second kappa shape index (κ2) is 12.4. The number of carbonyl (C=O) groups is 1. The quantitative estimate of drug-likeness (QED) is 0.389. The summed E-state index contributed by atoms with van der Waals surface area (Å²) in [6.45, 7) is 8.60. The average Bonchev–Trinajstić information content (AvgIpc) is 2.55. The molecule has 0 radical (unpaired) electrons. The molecule has 0 spiro atoms. The number of anilines is 1. The summed E-state index contributed by atoms with van der Waals surface area (Å²) in [7, 11) is 1.89. The molecule has 0 aliphatic heterocycles. The number of hydrogen-bond donors (Lipinski definition) is 2. The van der Waals surface area contributed by atoms with Crippen LogP contribution in [0.2, 0.25) is 0 Å². The van der Waals surface area contributed by atoms with Gasteiger partial charge in [0.25, 0.3) is 5.56 Å². The van der Waals surface area contributed by atoms with Crippen molar-refractivity contribution in [1.82, 2.24) is 4.98 Å². The summed E-state index contributed by atoms with van der Waals surface area (Å²) in [5.41, 5.74) is 3.37. The Morgan fingerprint density at radius 3 is 2.23 bits per heavy atom. The average molecular weight is 302 g/mol. The van der Waals surface area contributed by atoms with Crippen molar-refractivity contribution in [2.45, 2.75) is 32.6 Å². The SMILES string of the molecule is C=C/C=C/C=O.C=CC.CNc1c[nH]c(=O)c2c1CCCC2. The topological polar surface area (TPSA) is 62.0 Å². The molecule has 1 heterocycles. The largest absolute Gasteiger partial charge is 0.387 e. The predicted octanol–water partition coefficient (Wildman–Crippen LogP) is 3.42. The standard InChI is InChI=1S/C10H14N2O.C5H6O.C3H6/c1-11-9-6-12-10(13)8-5-3-2-4-7(8)9;1-2-3-4-5-6;1-3-2/h6,11H,2-5H2,1H3,(H,12,13);2-5H,1H2;3H,1H2,2H3/b;4-3+;. The first kappa shape index (κ1) is 19.6. The number of carbonyl (C=O) groups excluding carboxylic acids is 1. The zero-order valence-corrected chi connectivity index (χ0v) is 13.5. The van der Waals surface area contributed by atoms with Crippen molar-refractivity contribution in [2.75, 3.05) is 12.4 Å². The van der Waals surface area contributed by atoms with Crippen molar-refractivity contribution in [3.63, 3.8) is 0 Å². The van der Waals surface area contributed by atoms with E-state index in [1.165, 1.54) is 18.1 Å². The number of H-pyrrole nitrogens is 1. The van der Waals surface area contributed by atoms with Crippen molar-refractivity contribution in [2.24, 2.45) is 0 Å². The van der Waals surface area contributed by atoms with Gasteiger partial charge in [-0.25, -0.2) is 0 Å². The maximum atomic E-state index is 11.4. The van der Waals surface area contributed by atoms with E-state index in [0.717, 1.165) is 30.5 Å². The van der Waals surface area contributed by atoms with Crippen LogP contribution in [0.5, 0.6) is 0 Å². The minimum atomic E-state index is 0.0914. The molecule has 2 rings (SSSR count). The molecule has 1 aliphatic rings. The van der Waals surface area contributed by atoms with Crippen molar-refractivity contribution < 1.29 is 4.79 Å². The van der Waals surface area contributed by atoms with Crippen LogP contribution in [0.25, 0.3) is 0 Å². The molecule has 1 aromatic rings. The van der Waals surface area contributed by atoms with E-state index in [1.54, 1.807) is 24.4 Å². The second-order valence-electron chi connectivity index (χ2n) is 4.61. The number of aromatic nitrogens is 1. The summed E-state index contributed by atoms with van der Waals surface area (Å²) in [5.74, 6) is 0. The molecule has 0 atom stereocenters. The van der Waals surface area contributed by atoms with Crippen LogP contribution >= 0.6 is 0 Å². The molecule has 0 amide bonds. The lowest BCUT2D eigenvalue weighted by Gasteiger charge is -2.17. The molecular weight excluding hydrogens is 276 g/mol. The van der Waals surface area contributed by atoms with Gasteiger partial charge in [-0.1, -0.05) is 24.8 Å². The van der Waals surface area contributed by atoms with Crippen molar-refractivity contribution >= 4 is 12.0 Å². The smallest absolute Gasteiger partial charge is 0.251 e. The third-order valence-corrected chi connectivity index (χ3v) is 3.01. The van der Waals surface area contributed by atoms with E-state index >= 15 is 0 Å². The molecule has 22 heavy (non-hydrogen) atoms. The molecule has 0 saturated heterocycles. The highest BCUT2D eigenvalue weighted by atomic mass is 16.1. The summed E-state index contributed by atoms with van der Waals surface area (Å²) in [4.78, 5) is 23.6. The first-order chi connectivity index (χ1) is 10.7. The zero-order valence-electron chi connectivity index (χ0n) is 13.5. The molecule has 2 N–H and O–H groups in total. The van der Waals surface area contributed by atoms with E-state index in [0.29, 0.717) is 6.29 Å². The number of nitrogens with one attached hydrogen (secondary N) is 2. The van der Waals surface area contributed by atoms with E-state index < -0.39 is 0 Å². The summed E-state index contributed by atoms with van der Waals surface area (Å²) in [6, 6.07) is 0. The zero-order chi connectivity index (χ0) is 16.8. The van der Waals surface area contributed by atoms with E-state index in [9.17, 15) is 9.59 Å². The number of aromatic amines is 1. The Labute approximate surface area is 132 Å². The number of pyridine rings is 1. The van der Waals surface area contributed by atoms with Crippen LogP contribution in [-0.2, 0) is 17.6 Å². The summed E-state index contributed by atoms with van der Waals surface area (Å²) < 4.78 is 0. The third-order valence-electron chi connectivity index (χ3n) is 3.01. The van der Waals surface area contributed by atoms with Gasteiger partial charge in [-0.2, -0.15) is 0 Å². The highest BCUT2D eigenvalue weighted by Gasteiger charge is 2.15. The Morgan fingerprint density at radius 1 is 1.18 bits per heavy atom. The van der Waals surface area contributed by atoms with Gasteiger partial charge < -0.3 is 10.3 Å². The Kier molecular flexibility index (Phi) is 11.1. The first-order valence-corrected chi connectivity index (χ1v) is 7.37. The lowest BCUT2D eigenvalue weighted by Crippen LogP contribution is -2.19. The molecule has 0 aromatic carbocycles. The molecule has 120 valence electrons. The van der Waals surface area contributed by atoms with Gasteiger partial charge >= 0.3 is 0 Å². The Hall–Kier alpha value is -2.36. The minimum Gasteiger partial charge on any atom is -0.387 e. The summed E-state index contributed by atoms with van der Waals surface area (Å²) in [5, 5.41) is 3.11. The number of rotatable bonds is 3. The summed E-state index contributed by atoms with van der Waals surface area (Å²) in [6.07, 6.45) is 13.0. The van der Waals surface area contributed by atoms with Crippen molar-refractivity contribution in [3.8, 4) is 0 Å². The van der Waals surface area contributed by atoms with Crippen LogP contribution < -0.4 is 10.9 Å². The van der Waals surface area contributed by atoms with Gasteiger partial charge in [-0.15, -0.1) is 6.58 Å². The Balaban J connectivity index is 0.000000414. The van der Waals surface area contributed by atoms with Crippen molar-refractivity contribution in [1.29, 1.82) is 0 Å². The maximum absolute atomic E-state index is 11.4. The van der Waals surface area contributed by atoms with Gasteiger partial charge in [0.2, 0.25) is 0 Å². The predicted molar refractivity (Wildman–Crippen MR) is 94.5 cm³/mol. The molecule has 1 aliphatic carbocycles. The van der Waals surface area contributed by atoms with Crippen LogP contribution in [0, 0.1) is 0 Å². The third kappa shape index (κ3) is 6.88. The number of fused-ring (bicyclic) bond motifs is 1. The van der Waals surface area contributed by atoms with E-state index in [1.807, 2.05) is 14.0 Å². The van der Waals surface area contributed by atoms with Gasteiger partial charge in [-0.3, -0.25) is 9.59 Å². The van der Waals surface area contributed by atoms with Crippen LogP contribution in [0.1, 0.15) is 30.9 Å². The Morgan fingerprint density at radius 2 is 1.77 bits per heavy atom. The maximum Gasteiger partial charge on any atom is 0.251 e. The van der Waals surface area contributed by atoms with Gasteiger partial charge in [-0.05, 0) is 44.2 Å². The molecule has 4 heteroatoms. The number of allylic oxidation sites excluding steroid dienone is 4. The van der Waals surface area contributed by atoms with Gasteiger partial charge in [0, 0.05) is 18.8 Å². The monoisotopic (exact) mass is 302 g/mol. The van der Waals surface area contributed by atoms with E-state index in [2.05, 4.69) is 23.5 Å². The second-order valence-corrected chi connectivity index (χ2v) is 4.61. The van der Waals surface area contributed by atoms with Crippen LogP contribution in [0.3, 0.4) is 0 Å². The Bertz CT molecular complexity index is 547. The fraction of sp³-hybridized carbons (Fsp3) is 0.333. The fourth-order valence-electron chi connectivity index (χ4n) is 2.11. The lowest BCUT2D eigenvalue weighted by atomic mass is 9.92. The van der Waals surface area contributed by atoms with Gasteiger partial charge in [0.05, 0.1) is 5.69 Å². The highest BCUT2D eigenvalue weighted by molar-refractivity contribution is 5.65. The highest BCUT2D eigenvalue weighted by Crippen LogP contribution is 2.23. The molecule has 0 saturated carbocycles. The molecule has 0 fully saturated rings. The fourth-order valence-corrected chi connectivity index (χ4v) is 2.11. The first-order valence-electron chi connectivity index (χ1n) is 7.37. The molecule has 1 aromatic heterocycles. The number of aldehydes is 1. The lowest BCUT2D eigenvalue weighted by molar-refractivity contribution is -0.104. The molecule has 4 nitrogen and oxygen atoms in total. The summed E-state index contributed by atoms with van der Waals surface area (Å²) >= 11 is 0. The minimum absolute atomic E-state index is 0.0914. The van der Waals surface area contributed by atoms with Gasteiger partial charge in [0.1, 0.15) is 6.29 Å². The van der Waals surface area contributed by atoms with Gasteiger partial charge in [0.15, 0.2) is 0 Å². The van der Waals surface area contributed by atoms with Crippen molar-refractivity contribution in [3.05, 3.63) is 65.1 Å². The molecular formula is C18H26N2O2. The van der Waals surface area contributed by atoms with Crippen LogP contribution in [0.4, 0.5) is 5.69 Å². The normalized spacial score (nSPS) is 11.9.